The highest BCUT2D eigenvalue weighted by molar-refractivity contribution is 6.05. The molecule has 1 aliphatic heterocycles. The Labute approximate surface area is 189 Å². The minimum Gasteiger partial charge on any atom is -0.354 e. The van der Waals surface area contributed by atoms with Gasteiger partial charge >= 0.3 is 0 Å². The SMILES string of the molecule is CC(C)CNC(=O)[C@H](C)N(Cc1ccccc1)C(=O)CCN1C(=O)[C@H]2CC=CC[C@H]2C1=O. The third kappa shape index (κ3) is 5.44. The molecule has 1 aliphatic carbocycles. The van der Waals surface area contributed by atoms with Crippen LogP contribution in [-0.2, 0) is 25.7 Å². The molecule has 0 saturated carbocycles. The molecule has 1 saturated heterocycles. The van der Waals surface area contributed by atoms with Gasteiger partial charge in [0.05, 0.1) is 11.8 Å². The van der Waals surface area contributed by atoms with Crippen LogP contribution < -0.4 is 5.32 Å². The van der Waals surface area contributed by atoms with Crippen LogP contribution in [0.3, 0.4) is 0 Å². The zero-order valence-electron chi connectivity index (χ0n) is 19.1. The highest BCUT2D eigenvalue weighted by Crippen LogP contribution is 2.35. The topological polar surface area (TPSA) is 86.8 Å². The van der Waals surface area contributed by atoms with Gasteiger partial charge in [0, 0.05) is 26.1 Å². The van der Waals surface area contributed by atoms with Gasteiger partial charge in [-0.3, -0.25) is 24.1 Å². The molecule has 0 unspecified atom stereocenters. The molecule has 0 bridgehead atoms. The molecule has 1 aromatic carbocycles. The quantitative estimate of drug-likeness (QED) is 0.473. The van der Waals surface area contributed by atoms with Crippen molar-refractivity contribution >= 4 is 23.6 Å². The number of allylic oxidation sites excluding steroid dienone is 2. The van der Waals surface area contributed by atoms with Gasteiger partial charge in [0.25, 0.3) is 0 Å². The summed E-state index contributed by atoms with van der Waals surface area (Å²) < 4.78 is 0. The smallest absolute Gasteiger partial charge is 0.242 e. The maximum Gasteiger partial charge on any atom is 0.242 e. The largest absolute Gasteiger partial charge is 0.354 e. The van der Waals surface area contributed by atoms with Gasteiger partial charge in [0.15, 0.2) is 0 Å². The summed E-state index contributed by atoms with van der Waals surface area (Å²) in [5, 5.41) is 2.89. The Kier molecular flexibility index (Phi) is 7.83. The molecule has 1 fully saturated rings. The molecule has 172 valence electrons. The number of carbonyl (C=O) groups is 4. The molecule has 1 heterocycles. The number of nitrogens with zero attached hydrogens (tertiary/aromatic N) is 2. The van der Waals surface area contributed by atoms with E-state index in [-0.39, 0.29) is 55.0 Å². The molecule has 2 aliphatic rings. The van der Waals surface area contributed by atoms with Crippen molar-refractivity contribution in [2.45, 2.75) is 52.6 Å². The molecule has 7 heteroatoms. The summed E-state index contributed by atoms with van der Waals surface area (Å²) in [5.41, 5.74) is 0.912. The molecule has 3 atom stereocenters. The molecule has 4 amide bonds. The second-order valence-electron chi connectivity index (χ2n) is 9.06. The number of hydrogen-bond donors (Lipinski definition) is 1. The summed E-state index contributed by atoms with van der Waals surface area (Å²) in [7, 11) is 0. The van der Waals surface area contributed by atoms with Crippen LogP contribution in [-0.4, -0.2) is 52.6 Å². The van der Waals surface area contributed by atoms with Crippen molar-refractivity contribution in [3.8, 4) is 0 Å². The van der Waals surface area contributed by atoms with E-state index in [2.05, 4.69) is 5.32 Å². The van der Waals surface area contributed by atoms with Gasteiger partial charge in [-0.15, -0.1) is 0 Å². The molecule has 7 nitrogen and oxygen atoms in total. The summed E-state index contributed by atoms with van der Waals surface area (Å²) in [5.74, 6) is -1.14. The van der Waals surface area contributed by atoms with E-state index in [9.17, 15) is 19.2 Å². The third-order valence-electron chi connectivity index (χ3n) is 6.20. The van der Waals surface area contributed by atoms with E-state index in [1.54, 1.807) is 6.92 Å². The second kappa shape index (κ2) is 10.6. The van der Waals surface area contributed by atoms with Gasteiger partial charge in [-0.25, -0.2) is 0 Å². The first-order chi connectivity index (χ1) is 15.3. The first-order valence-corrected chi connectivity index (χ1v) is 11.4. The van der Waals surface area contributed by atoms with Crippen molar-refractivity contribution in [3.05, 3.63) is 48.0 Å². The lowest BCUT2D eigenvalue weighted by molar-refractivity contribution is -0.143. The molecule has 0 radical (unpaired) electrons. The van der Waals surface area contributed by atoms with E-state index in [4.69, 9.17) is 0 Å². The number of fused-ring (bicyclic) bond motifs is 1. The van der Waals surface area contributed by atoms with E-state index >= 15 is 0 Å². The Morgan fingerprint density at radius 2 is 1.62 bits per heavy atom. The minimum atomic E-state index is -0.668. The molecule has 32 heavy (non-hydrogen) atoms. The summed E-state index contributed by atoms with van der Waals surface area (Å²) in [6.45, 7) is 6.60. The molecule has 0 aromatic heterocycles. The van der Waals surface area contributed by atoms with Crippen molar-refractivity contribution in [1.29, 1.82) is 0 Å². The minimum absolute atomic E-state index is 0.00101. The Morgan fingerprint density at radius 3 is 2.19 bits per heavy atom. The third-order valence-corrected chi connectivity index (χ3v) is 6.20. The second-order valence-corrected chi connectivity index (χ2v) is 9.06. The van der Waals surface area contributed by atoms with Gasteiger partial charge in [0.1, 0.15) is 6.04 Å². The predicted molar refractivity (Wildman–Crippen MR) is 121 cm³/mol. The Bertz CT molecular complexity index is 854. The van der Waals surface area contributed by atoms with Gasteiger partial charge in [-0.1, -0.05) is 56.3 Å². The standard InChI is InChI=1S/C25H33N3O4/c1-17(2)15-26-23(30)18(3)28(16-19-9-5-4-6-10-19)22(29)13-14-27-24(31)20-11-7-8-12-21(20)25(27)32/h4-10,17-18,20-21H,11-16H2,1-3H3,(H,26,30)/t18-,20-,21+/m0/s1. The number of nitrogens with one attached hydrogen (secondary N) is 1. The number of imide groups is 1. The Hall–Kier alpha value is -2.96. The van der Waals surface area contributed by atoms with Gasteiger partial charge < -0.3 is 10.2 Å². The fourth-order valence-corrected chi connectivity index (χ4v) is 4.26. The van der Waals surface area contributed by atoms with Gasteiger partial charge in [0.2, 0.25) is 23.6 Å². The summed E-state index contributed by atoms with van der Waals surface area (Å²) >= 11 is 0. The fraction of sp³-hybridized carbons (Fsp3) is 0.520. The fourth-order valence-electron chi connectivity index (χ4n) is 4.26. The highest BCUT2D eigenvalue weighted by Gasteiger charge is 2.47. The summed E-state index contributed by atoms with van der Waals surface area (Å²) in [6.07, 6.45) is 5.04. The van der Waals surface area contributed by atoms with Crippen LogP contribution in [0.5, 0.6) is 0 Å². The van der Waals surface area contributed by atoms with Crippen LogP contribution >= 0.6 is 0 Å². The van der Waals surface area contributed by atoms with Crippen molar-refractivity contribution in [1.82, 2.24) is 15.1 Å². The van der Waals surface area contributed by atoms with Crippen LogP contribution in [0.15, 0.2) is 42.5 Å². The van der Waals surface area contributed by atoms with E-state index < -0.39 is 6.04 Å². The van der Waals surface area contributed by atoms with Crippen LogP contribution in [0, 0.1) is 17.8 Å². The average molecular weight is 440 g/mol. The van der Waals surface area contributed by atoms with Crippen LogP contribution in [0.1, 0.15) is 45.6 Å². The van der Waals surface area contributed by atoms with Crippen molar-refractivity contribution in [2.75, 3.05) is 13.1 Å². The van der Waals surface area contributed by atoms with E-state index in [1.807, 2.05) is 56.3 Å². The molecular weight excluding hydrogens is 406 g/mol. The maximum atomic E-state index is 13.2. The van der Waals surface area contributed by atoms with Crippen molar-refractivity contribution in [2.24, 2.45) is 17.8 Å². The van der Waals surface area contributed by atoms with Crippen LogP contribution in [0.2, 0.25) is 0 Å². The van der Waals surface area contributed by atoms with Crippen molar-refractivity contribution < 1.29 is 19.2 Å². The molecular formula is C25H33N3O4. The number of carbonyl (C=O) groups excluding carboxylic acids is 4. The first-order valence-electron chi connectivity index (χ1n) is 11.4. The molecule has 1 aromatic rings. The lowest BCUT2D eigenvalue weighted by Crippen LogP contribution is -2.49. The number of amides is 4. The highest BCUT2D eigenvalue weighted by atomic mass is 16.2. The zero-order valence-corrected chi connectivity index (χ0v) is 19.1. The van der Waals surface area contributed by atoms with Crippen LogP contribution in [0.25, 0.3) is 0 Å². The van der Waals surface area contributed by atoms with E-state index in [1.165, 1.54) is 9.80 Å². The molecule has 0 spiro atoms. The predicted octanol–water partition coefficient (Wildman–Crippen LogP) is 2.52. The van der Waals surface area contributed by atoms with Crippen LogP contribution in [0.4, 0.5) is 0 Å². The Balaban J connectivity index is 1.68. The zero-order chi connectivity index (χ0) is 23.3. The number of likely N-dealkylation sites (tertiary alicyclic amines) is 1. The summed E-state index contributed by atoms with van der Waals surface area (Å²) in [4.78, 5) is 54.1. The normalized spacial score (nSPS) is 20.9. The summed E-state index contributed by atoms with van der Waals surface area (Å²) in [6, 6.07) is 8.82. The number of rotatable bonds is 9. The van der Waals surface area contributed by atoms with Crippen molar-refractivity contribution in [3.63, 3.8) is 0 Å². The first kappa shape index (κ1) is 23.7. The average Bonchev–Trinajstić information content (AvgIpc) is 3.04. The monoisotopic (exact) mass is 439 g/mol. The lowest BCUT2D eigenvalue weighted by Gasteiger charge is -2.29. The maximum absolute atomic E-state index is 13.2. The van der Waals surface area contributed by atoms with E-state index in [0.29, 0.717) is 25.3 Å². The Morgan fingerprint density at radius 1 is 1.03 bits per heavy atom. The van der Waals surface area contributed by atoms with Gasteiger partial charge in [-0.2, -0.15) is 0 Å². The molecule has 1 N–H and O–H groups in total. The lowest BCUT2D eigenvalue weighted by atomic mass is 9.85. The van der Waals surface area contributed by atoms with Gasteiger partial charge in [-0.05, 0) is 31.2 Å². The number of benzene rings is 1. The number of hydrogen-bond acceptors (Lipinski definition) is 4. The van der Waals surface area contributed by atoms with E-state index in [0.717, 1.165) is 5.56 Å². The molecule has 3 rings (SSSR count).